The Morgan fingerprint density at radius 1 is 1.54 bits per heavy atom. The predicted molar refractivity (Wildman–Crippen MR) is 96.7 cm³/mol. The summed E-state index contributed by atoms with van der Waals surface area (Å²) in [5, 5.41) is 18.7. The highest BCUT2D eigenvalue weighted by molar-refractivity contribution is 9.10. The fraction of sp³-hybridized carbons (Fsp3) is 0.333. The molecule has 0 aromatic heterocycles. The van der Waals surface area contributed by atoms with Crippen molar-refractivity contribution >= 4 is 51.0 Å². The number of halogens is 1. The van der Waals surface area contributed by atoms with Gasteiger partial charge in [-0.05, 0) is 47.5 Å². The summed E-state index contributed by atoms with van der Waals surface area (Å²) in [5.74, 6) is -0.695. The summed E-state index contributed by atoms with van der Waals surface area (Å²) in [5.41, 5.74) is 0.787. The van der Waals surface area contributed by atoms with Crippen LogP contribution >= 0.6 is 27.7 Å². The molecule has 9 heteroatoms. The molecule has 128 valence electrons. The van der Waals surface area contributed by atoms with Crippen molar-refractivity contribution in [2.24, 2.45) is 10.2 Å². The first-order valence-corrected chi connectivity index (χ1v) is 8.79. The molecule has 2 N–H and O–H groups in total. The second-order valence-electron chi connectivity index (χ2n) is 5.20. The van der Waals surface area contributed by atoms with E-state index < -0.39 is 11.2 Å². The number of carbonyl (C=O) groups excluding carboxylic acids is 1. The van der Waals surface area contributed by atoms with Gasteiger partial charge in [0.15, 0.2) is 5.17 Å². The number of thioether (sulfide) groups is 1. The predicted octanol–water partition coefficient (Wildman–Crippen LogP) is 2.63. The molecule has 1 aliphatic rings. The number of nitrogens with zero attached hydrogens (tertiary/aromatic N) is 2. The Hall–Kier alpha value is -1.87. The lowest BCUT2D eigenvalue weighted by atomic mass is 10.2. The summed E-state index contributed by atoms with van der Waals surface area (Å²) in [4.78, 5) is 22.3. The van der Waals surface area contributed by atoms with Crippen molar-refractivity contribution in [2.45, 2.75) is 31.6 Å². The molecule has 0 spiro atoms. The number of benzene rings is 1. The molecule has 1 aliphatic heterocycles. The summed E-state index contributed by atoms with van der Waals surface area (Å²) >= 11 is 4.48. The van der Waals surface area contributed by atoms with E-state index in [9.17, 15) is 9.59 Å². The fourth-order valence-electron chi connectivity index (χ4n) is 1.84. The number of amides is 1. The normalized spacial score (nSPS) is 19.2. The standard InChI is InChI=1S/C15H16BrN3O4S/c1-8(2)23-11-5-9(3-4-10(11)16)7-17-19-15-18-14(22)12(24-15)6-13(20)21/h3-5,7-8,12H,6H2,1-2H3,(H,20,21)(H,18,19,22). The maximum atomic E-state index is 11.6. The van der Waals surface area contributed by atoms with Crippen LogP contribution in [0.25, 0.3) is 0 Å². The molecule has 1 fully saturated rings. The Balaban J connectivity index is 2.04. The van der Waals surface area contributed by atoms with Crippen LogP contribution in [0.4, 0.5) is 0 Å². The third kappa shape index (κ3) is 5.34. The third-order valence-corrected chi connectivity index (χ3v) is 4.54. The zero-order valence-corrected chi connectivity index (χ0v) is 15.4. The van der Waals surface area contributed by atoms with E-state index in [-0.39, 0.29) is 18.4 Å². The molecular weight excluding hydrogens is 398 g/mol. The minimum absolute atomic E-state index is 0.0463. The van der Waals surface area contributed by atoms with Gasteiger partial charge in [0, 0.05) is 0 Å². The molecule has 1 amide bonds. The van der Waals surface area contributed by atoms with E-state index in [1.807, 2.05) is 32.0 Å². The SMILES string of the molecule is CC(C)Oc1cc(C=NN=C2NC(=O)C(CC(=O)O)S2)ccc1Br. The highest BCUT2D eigenvalue weighted by atomic mass is 79.9. The third-order valence-electron chi connectivity index (χ3n) is 2.81. The lowest BCUT2D eigenvalue weighted by Gasteiger charge is -2.11. The number of rotatable bonds is 6. The van der Waals surface area contributed by atoms with E-state index in [0.29, 0.717) is 10.9 Å². The van der Waals surface area contributed by atoms with Crippen LogP contribution < -0.4 is 10.1 Å². The van der Waals surface area contributed by atoms with E-state index >= 15 is 0 Å². The molecule has 0 saturated carbocycles. The summed E-state index contributed by atoms with van der Waals surface area (Å²) in [6.45, 7) is 3.87. The lowest BCUT2D eigenvalue weighted by Crippen LogP contribution is -2.26. The number of carbonyl (C=O) groups is 2. The van der Waals surface area contributed by atoms with Crippen LogP contribution in [0.3, 0.4) is 0 Å². The summed E-state index contributed by atoms with van der Waals surface area (Å²) < 4.78 is 6.51. The number of carboxylic acid groups (broad SMARTS) is 1. The fourth-order valence-corrected chi connectivity index (χ4v) is 3.09. The number of hydrogen-bond donors (Lipinski definition) is 2. The largest absolute Gasteiger partial charge is 0.490 e. The van der Waals surface area contributed by atoms with Crippen LogP contribution in [0.2, 0.25) is 0 Å². The summed E-state index contributed by atoms with van der Waals surface area (Å²) in [7, 11) is 0. The van der Waals surface area contributed by atoms with Crippen LogP contribution in [0, 0.1) is 0 Å². The van der Waals surface area contributed by atoms with Crippen molar-refractivity contribution in [1.82, 2.24) is 5.32 Å². The number of amidine groups is 1. The molecule has 1 aromatic carbocycles. The molecule has 0 radical (unpaired) electrons. The van der Waals surface area contributed by atoms with Gasteiger partial charge in [-0.15, -0.1) is 5.10 Å². The Labute approximate surface area is 151 Å². The highest BCUT2D eigenvalue weighted by Gasteiger charge is 2.32. The van der Waals surface area contributed by atoms with Crippen molar-refractivity contribution in [3.8, 4) is 5.75 Å². The molecule has 0 bridgehead atoms. The maximum Gasteiger partial charge on any atom is 0.305 e. The average molecular weight is 414 g/mol. The first kappa shape index (κ1) is 18.5. The molecule has 0 aliphatic carbocycles. The topological polar surface area (TPSA) is 100 Å². The van der Waals surface area contributed by atoms with Crippen molar-refractivity contribution in [3.63, 3.8) is 0 Å². The van der Waals surface area contributed by atoms with Gasteiger partial charge in [-0.3, -0.25) is 9.59 Å². The van der Waals surface area contributed by atoms with Crippen LogP contribution in [-0.4, -0.2) is 39.7 Å². The van der Waals surface area contributed by atoms with Crippen LogP contribution in [-0.2, 0) is 9.59 Å². The Bertz CT molecular complexity index is 706. The van der Waals surface area contributed by atoms with Crippen molar-refractivity contribution in [2.75, 3.05) is 0 Å². The number of ether oxygens (including phenoxy) is 1. The Morgan fingerprint density at radius 2 is 2.29 bits per heavy atom. The second-order valence-corrected chi connectivity index (χ2v) is 7.25. The van der Waals surface area contributed by atoms with Gasteiger partial charge in [-0.1, -0.05) is 17.8 Å². The van der Waals surface area contributed by atoms with Gasteiger partial charge in [-0.25, -0.2) is 0 Å². The van der Waals surface area contributed by atoms with Crippen molar-refractivity contribution in [3.05, 3.63) is 28.2 Å². The van der Waals surface area contributed by atoms with Crippen molar-refractivity contribution in [1.29, 1.82) is 0 Å². The number of carboxylic acids is 1. The Kier molecular flexibility index (Phi) is 6.38. The summed E-state index contributed by atoms with van der Waals surface area (Å²) in [6, 6.07) is 5.51. The smallest absolute Gasteiger partial charge is 0.305 e. The van der Waals surface area contributed by atoms with Gasteiger partial charge < -0.3 is 15.2 Å². The second kappa shape index (κ2) is 8.29. The minimum Gasteiger partial charge on any atom is -0.490 e. The average Bonchev–Trinajstić information content (AvgIpc) is 2.81. The van der Waals surface area contributed by atoms with E-state index in [1.54, 1.807) is 0 Å². The van der Waals surface area contributed by atoms with E-state index in [4.69, 9.17) is 9.84 Å². The molecule has 1 unspecified atom stereocenters. The first-order chi connectivity index (χ1) is 11.3. The van der Waals surface area contributed by atoms with E-state index in [1.165, 1.54) is 6.21 Å². The van der Waals surface area contributed by atoms with Gasteiger partial charge >= 0.3 is 5.97 Å². The minimum atomic E-state index is -1.03. The van der Waals surface area contributed by atoms with Gasteiger partial charge in [0.2, 0.25) is 5.91 Å². The van der Waals surface area contributed by atoms with Crippen LogP contribution in [0.1, 0.15) is 25.8 Å². The number of hydrogen-bond acceptors (Lipinski definition) is 6. The van der Waals surface area contributed by atoms with Gasteiger partial charge in [0.1, 0.15) is 11.0 Å². The molecule has 2 rings (SSSR count). The molecule has 1 atom stereocenters. The maximum absolute atomic E-state index is 11.6. The lowest BCUT2D eigenvalue weighted by molar-refractivity contribution is -0.138. The molecule has 7 nitrogen and oxygen atoms in total. The molecular formula is C15H16BrN3O4S. The van der Waals surface area contributed by atoms with Gasteiger partial charge in [-0.2, -0.15) is 5.10 Å². The van der Waals surface area contributed by atoms with Gasteiger partial charge in [0.25, 0.3) is 0 Å². The zero-order chi connectivity index (χ0) is 17.7. The monoisotopic (exact) mass is 413 g/mol. The number of aliphatic carboxylic acids is 1. The first-order valence-electron chi connectivity index (χ1n) is 7.11. The molecule has 24 heavy (non-hydrogen) atoms. The van der Waals surface area contributed by atoms with Gasteiger partial charge in [0.05, 0.1) is 23.2 Å². The molecule has 1 aromatic rings. The van der Waals surface area contributed by atoms with E-state index in [2.05, 4.69) is 31.4 Å². The molecule has 1 heterocycles. The Morgan fingerprint density at radius 3 is 2.96 bits per heavy atom. The van der Waals surface area contributed by atoms with Crippen molar-refractivity contribution < 1.29 is 19.4 Å². The number of nitrogens with one attached hydrogen (secondary N) is 1. The highest BCUT2D eigenvalue weighted by Crippen LogP contribution is 2.26. The van der Waals surface area contributed by atoms with Crippen LogP contribution in [0.5, 0.6) is 5.75 Å². The summed E-state index contributed by atoms with van der Waals surface area (Å²) in [6.07, 6.45) is 1.33. The zero-order valence-electron chi connectivity index (χ0n) is 13.0. The van der Waals surface area contributed by atoms with E-state index in [0.717, 1.165) is 21.8 Å². The molecule has 1 saturated heterocycles. The van der Waals surface area contributed by atoms with Crippen LogP contribution in [0.15, 0.2) is 32.9 Å². The quantitative estimate of drug-likeness (QED) is 0.551.